The lowest BCUT2D eigenvalue weighted by Gasteiger charge is -2.25. The topological polar surface area (TPSA) is 116 Å². The van der Waals surface area contributed by atoms with E-state index in [1.165, 1.54) is 32.1 Å². The highest BCUT2D eigenvalue weighted by Crippen LogP contribution is 2.28. The van der Waals surface area contributed by atoms with Gasteiger partial charge in [-0.25, -0.2) is 0 Å². The first kappa shape index (κ1) is 21.0. The zero-order valence-corrected chi connectivity index (χ0v) is 17.8. The number of aromatic nitrogens is 1. The van der Waals surface area contributed by atoms with Gasteiger partial charge in [0.1, 0.15) is 11.4 Å². The second-order valence-corrected chi connectivity index (χ2v) is 9.46. The van der Waals surface area contributed by atoms with Crippen molar-refractivity contribution in [1.29, 1.82) is 5.41 Å². The van der Waals surface area contributed by atoms with Crippen LogP contribution in [0.15, 0.2) is 46.2 Å². The van der Waals surface area contributed by atoms with Gasteiger partial charge in [-0.2, -0.15) is 0 Å². The van der Waals surface area contributed by atoms with Gasteiger partial charge in [0, 0.05) is 24.5 Å². The van der Waals surface area contributed by atoms with Gasteiger partial charge in [-0.05, 0) is 61.9 Å². The fourth-order valence-electron chi connectivity index (χ4n) is 3.78. The van der Waals surface area contributed by atoms with Crippen molar-refractivity contribution < 1.29 is 4.55 Å². The highest BCUT2D eigenvalue weighted by Gasteiger charge is 2.24. The van der Waals surface area contributed by atoms with E-state index in [2.05, 4.69) is 20.3 Å². The summed E-state index contributed by atoms with van der Waals surface area (Å²) >= 11 is -1.23. The minimum absolute atomic E-state index is 0.0379. The van der Waals surface area contributed by atoms with Gasteiger partial charge >= 0.3 is 0 Å². The van der Waals surface area contributed by atoms with E-state index in [0.29, 0.717) is 33.8 Å². The summed E-state index contributed by atoms with van der Waals surface area (Å²) < 4.78 is 15.4. The van der Waals surface area contributed by atoms with Crippen molar-refractivity contribution in [2.45, 2.75) is 55.9 Å². The largest absolute Gasteiger partial charge is 0.593 e. The average molecular weight is 428 g/mol. The van der Waals surface area contributed by atoms with E-state index in [1.54, 1.807) is 30.5 Å². The Balaban J connectivity index is 1.42. The van der Waals surface area contributed by atoms with Gasteiger partial charge in [-0.15, -0.1) is 4.72 Å². The summed E-state index contributed by atoms with van der Waals surface area (Å²) in [7, 11) is 0. The molecule has 2 saturated carbocycles. The van der Waals surface area contributed by atoms with Crippen LogP contribution >= 0.6 is 0 Å². The molecule has 1 heterocycles. The van der Waals surface area contributed by atoms with Gasteiger partial charge in [0.05, 0.1) is 17.0 Å². The van der Waals surface area contributed by atoms with Crippen LogP contribution in [-0.2, 0) is 11.4 Å². The van der Waals surface area contributed by atoms with Crippen molar-refractivity contribution in [3.05, 3.63) is 52.4 Å². The van der Waals surface area contributed by atoms with Gasteiger partial charge in [-0.1, -0.05) is 19.3 Å². The van der Waals surface area contributed by atoms with E-state index in [1.807, 2.05) is 6.07 Å². The number of nitrogens with one attached hydrogen (secondary N) is 5. The Morgan fingerprint density at radius 2 is 1.83 bits per heavy atom. The summed E-state index contributed by atoms with van der Waals surface area (Å²) in [6, 6.07) is 9.28. The molecule has 0 amide bonds. The van der Waals surface area contributed by atoms with Gasteiger partial charge in [-0.3, -0.25) is 10.2 Å². The predicted molar refractivity (Wildman–Crippen MR) is 122 cm³/mol. The van der Waals surface area contributed by atoms with Crippen molar-refractivity contribution in [3.63, 3.8) is 0 Å². The molecule has 1 aromatic carbocycles. The molecule has 0 saturated heterocycles. The molecule has 2 aliphatic rings. The molecule has 0 spiro atoms. The molecule has 30 heavy (non-hydrogen) atoms. The Bertz CT molecular complexity index is 920. The van der Waals surface area contributed by atoms with Crippen molar-refractivity contribution >= 4 is 28.6 Å². The summed E-state index contributed by atoms with van der Waals surface area (Å²) in [6.45, 7) is 0.783. The molecule has 0 radical (unpaired) electrons. The van der Waals surface area contributed by atoms with Crippen LogP contribution in [0.5, 0.6) is 0 Å². The molecule has 0 bridgehead atoms. The van der Waals surface area contributed by atoms with Gasteiger partial charge in [0.15, 0.2) is 4.90 Å². The molecule has 0 aliphatic heterocycles. The Labute approximate surface area is 179 Å². The molecule has 7 nitrogen and oxygen atoms in total. The quantitative estimate of drug-likeness (QED) is 0.251. The molecule has 1 atom stereocenters. The highest BCUT2D eigenvalue weighted by atomic mass is 32.2. The van der Waals surface area contributed by atoms with Crippen LogP contribution in [0.4, 0.5) is 11.4 Å². The number of rotatable bonds is 8. The number of amidine groups is 1. The molecule has 2 fully saturated rings. The van der Waals surface area contributed by atoms with Crippen LogP contribution < -0.4 is 20.9 Å². The maximum absolute atomic E-state index is 12.5. The third-order valence-electron chi connectivity index (χ3n) is 5.71. The molecule has 4 rings (SSSR count). The number of hydrogen-bond donors (Lipinski definition) is 5. The van der Waals surface area contributed by atoms with Crippen molar-refractivity contribution in [2.24, 2.45) is 5.92 Å². The number of H-pyrrole nitrogens is 1. The molecular weight excluding hydrogens is 398 g/mol. The summed E-state index contributed by atoms with van der Waals surface area (Å²) in [6.07, 6.45) is 9.85. The third-order valence-corrected chi connectivity index (χ3v) is 6.84. The SMILES string of the molecule is N=C(Nc1ccc([S+]([O-])NCC2CC2)cc1)c1c(NC2CCCCC2)cc[nH]c1=O. The smallest absolute Gasteiger partial charge is 0.261 e. The van der Waals surface area contributed by atoms with E-state index in [9.17, 15) is 9.35 Å². The number of anilines is 2. The molecular formula is C22H29N5O2S. The fourth-order valence-corrected chi connectivity index (χ4v) is 4.72. The second-order valence-electron chi connectivity index (χ2n) is 8.16. The van der Waals surface area contributed by atoms with E-state index < -0.39 is 11.4 Å². The van der Waals surface area contributed by atoms with Gasteiger partial charge in [0.25, 0.3) is 5.56 Å². The summed E-state index contributed by atoms with van der Waals surface area (Å²) in [5.41, 5.74) is 1.37. The van der Waals surface area contributed by atoms with Crippen molar-refractivity contribution in [2.75, 3.05) is 17.2 Å². The van der Waals surface area contributed by atoms with E-state index in [-0.39, 0.29) is 11.4 Å². The Morgan fingerprint density at radius 1 is 1.10 bits per heavy atom. The van der Waals surface area contributed by atoms with E-state index in [4.69, 9.17) is 5.41 Å². The van der Waals surface area contributed by atoms with Crippen molar-refractivity contribution in [1.82, 2.24) is 9.71 Å². The van der Waals surface area contributed by atoms with E-state index in [0.717, 1.165) is 19.4 Å². The first-order chi connectivity index (χ1) is 14.6. The van der Waals surface area contributed by atoms with Crippen LogP contribution in [0, 0.1) is 11.3 Å². The molecule has 1 unspecified atom stereocenters. The summed E-state index contributed by atoms with van der Waals surface area (Å²) in [5, 5.41) is 14.9. The molecule has 2 aliphatic carbocycles. The minimum Gasteiger partial charge on any atom is -0.593 e. The van der Waals surface area contributed by atoms with Crippen LogP contribution in [0.25, 0.3) is 0 Å². The Kier molecular flexibility index (Phi) is 6.76. The fraction of sp³-hybridized carbons (Fsp3) is 0.455. The molecule has 1 aromatic heterocycles. The first-order valence-corrected chi connectivity index (χ1v) is 11.8. The van der Waals surface area contributed by atoms with Crippen LogP contribution in [0.2, 0.25) is 0 Å². The summed E-state index contributed by atoms with van der Waals surface area (Å²) in [5.74, 6) is 0.701. The number of benzene rings is 1. The second kappa shape index (κ2) is 9.68. The summed E-state index contributed by atoms with van der Waals surface area (Å²) in [4.78, 5) is 15.8. The van der Waals surface area contributed by atoms with Crippen LogP contribution in [-0.4, -0.2) is 28.0 Å². The third kappa shape index (κ3) is 5.44. The monoisotopic (exact) mass is 427 g/mol. The highest BCUT2D eigenvalue weighted by molar-refractivity contribution is 7.89. The Morgan fingerprint density at radius 3 is 2.53 bits per heavy atom. The number of pyridine rings is 1. The maximum Gasteiger partial charge on any atom is 0.261 e. The predicted octanol–water partition coefficient (Wildman–Crippen LogP) is 3.58. The minimum atomic E-state index is -1.23. The van der Waals surface area contributed by atoms with Crippen molar-refractivity contribution in [3.8, 4) is 0 Å². The molecule has 5 N–H and O–H groups in total. The standard InChI is InChI=1S/C22H29N5O2S/c23-21(20-19(12-13-24-22(20)28)26-16-4-2-1-3-5-16)27-17-8-10-18(11-9-17)30(29)25-14-15-6-7-15/h8-13,15-16,25H,1-7,14H2,(H2,23,27)(H2,24,26,28). The Hall–Kier alpha value is -2.29. The lowest BCUT2D eigenvalue weighted by molar-refractivity contribution is 0.462. The lowest BCUT2D eigenvalue weighted by atomic mass is 9.95. The number of aromatic amines is 1. The van der Waals surface area contributed by atoms with Crippen LogP contribution in [0.3, 0.4) is 0 Å². The van der Waals surface area contributed by atoms with Gasteiger partial charge < -0.3 is 20.2 Å². The molecule has 160 valence electrons. The number of hydrogen-bond acceptors (Lipinski definition) is 5. The first-order valence-electron chi connectivity index (χ1n) is 10.7. The zero-order chi connectivity index (χ0) is 20.9. The average Bonchev–Trinajstić information content (AvgIpc) is 3.58. The normalized spacial score (nSPS) is 18.0. The molecule has 8 heteroatoms. The van der Waals surface area contributed by atoms with Crippen LogP contribution in [0.1, 0.15) is 50.5 Å². The lowest BCUT2D eigenvalue weighted by Crippen LogP contribution is -2.29. The van der Waals surface area contributed by atoms with Gasteiger partial charge in [0.2, 0.25) is 0 Å². The maximum atomic E-state index is 12.5. The molecule has 2 aromatic rings. The van der Waals surface area contributed by atoms with E-state index >= 15 is 0 Å². The zero-order valence-electron chi connectivity index (χ0n) is 17.0.